The molecule has 0 saturated heterocycles. The van der Waals surface area contributed by atoms with Crippen LogP contribution in [0.4, 0.5) is 5.69 Å². The van der Waals surface area contributed by atoms with Crippen LogP contribution in [0.15, 0.2) is 5.11 Å². The van der Waals surface area contributed by atoms with Crippen LogP contribution >= 0.6 is 22.6 Å². The van der Waals surface area contributed by atoms with Gasteiger partial charge in [-0.3, -0.25) is 0 Å². The van der Waals surface area contributed by atoms with Gasteiger partial charge >= 0.3 is 0 Å². The highest BCUT2D eigenvalue weighted by atomic mass is 127. The molecule has 0 amide bonds. The highest BCUT2D eigenvalue weighted by Crippen LogP contribution is 2.30. The molecule has 0 spiro atoms. The van der Waals surface area contributed by atoms with Crippen molar-refractivity contribution in [1.29, 1.82) is 0 Å². The minimum Gasteiger partial charge on any atom is -0.398 e. The molecular weight excluding hydrogens is 303 g/mol. The van der Waals surface area contributed by atoms with Crippen molar-refractivity contribution in [3.8, 4) is 0 Å². The van der Waals surface area contributed by atoms with E-state index in [-0.39, 0.29) is 0 Å². The summed E-state index contributed by atoms with van der Waals surface area (Å²) in [4.78, 5) is 2.78. The predicted octanol–water partition coefficient (Wildman–Crippen LogP) is 3.61. The molecule has 4 nitrogen and oxygen atoms in total. The lowest BCUT2D eigenvalue weighted by Gasteiger charge is -2.15. The molecule has 0 heterocycles. The fraction of sp³-hybridized carbons (Fsp3) is 0.400. The number of hydrogen-bond acceptors (Lipinski definition) is 2. The second-order valence-electron chi connectivity index (χ2n) is 3.47. The number of rotatable bonds is 2. The topological polar surface area (TPSA) is 74.8 Å². The zero-order valence-electron chi connectivity index (χ0n) is 9.00. The van der Waals surface area contributed by atoms with Crippen molar-refractivity contribution in [2.75, 3.05) is 5.73 Å². The molecule has 0 saturated carbocycles. The Labute approximate surface area is 103 Å². The van der Waals surface area contributed by atoms with Crippen molar-refractivity contribution in [3.05, 3.63) is 36.3 Å². The van der Waals surface area contributed by atoms with Gasteiger partial charge in [0.1, 0.15) is 0 Å². The van der Waals surface area contributed by atoms with Crippen LogP contribution in [-0.2, 0) is 6.54 Å². The van der Waals surface area contributed by atoms with Crippen LogP contribution in [0.1, 0.15) is 22.3 Å². The quantitative estimate of drug-likeness (QED) is 0.292. The molecule has 0 aliphatic heterocycles. The molecule has 0 aliphatic rings. The van der Waals surface area contributed by atoms with Crippen molar-refractivity contribution in [2.24, 2.45) is 5.11 Å². The Morgan fingerprint density at radius 2 is 1.87 bits per heavy atom. The summed E-state index contributed by atoms with van der Waals surface area (Å²) in [7, 11) is 0. The number of anilines is 1. The number of nitrogen functional groups attached to an aromatic ring is 1. The molecule has 0 atom stereocenters. The number of nitrogens with two attached hydrogens (primary N) is 1. The molecule has 0 unspecified atom stereocenters. The Morgan fingerprint density at radius 3 is 2.40 bits per heavy atom. The first kappa shape index (κ1) is 12.1. The van der Waals surface area contributed by atoms with E-state index >= 15 is 0 Å². The number of nitrogens with zero attached hydrogens (tertiary/aromatic N) is 3. The van der Waals surface area contributed by atoms with Gasteiger partial charge < -0.3 is 5.73 Å². The molecule has 1 aromatic carbocycles. The summed E-state index contributed by atoms with van der Waals surface area (Å²) in [5, 5.41) is 3.60. The van der Waals surface area contributed by atoms with Crippen molar-refractivity contribution in [3.63, 3.8) is 0 Å². The molecule has 2 N–H and O–H groups in total. The van der Waals surface area contributed by atoms with Gasteiger partial charge in [0.15, 0.2) is 0 Å². The zero-order valence-corrected chi connectivity index (χ0v) is 11.2. The lowest BCUT2D eigenvalue weighted by atomic mass is 9.98. The fourth-order valence-corrected chi connectivity index (χ4v) is 2.21. The van der Waals surface area contributed by atoms with Crippen LogP contribution in [0.2, 0.25) is 0 Å². The first-order valence-corrected chi connectivity index (χ1v) is 5.63. The maximum atomic E-state index is 8.33. The minimum absolute atomic E-state index is 0.370. The summed E-state index contributed by atoms with van der Waals surface area (Å²) in [6.07, 6.45) is 0. The summed E-state index contributed by atoms with van der Waals surface area (Å²) >= 11 is 2.27. The van der Waals surface area contributed by atoms with Crippen LogP contribution in [0.5, 0.6) is 0 Å². The van der Waals surface area contributed by atoms with Gasteiger partial charge in [0.25, 0.3) is 0 Å². The SMILES string of the molecule is Cc1c(N)c(C)c(CN=[N+]=[N-])c(C)c1I. The van der Waals surface area contributed by atoms with E-state index in [0.717, 1.165) is 31.5 Å². The number of hydrogen-bond donors (Lipinski definition) is 1. The van der Waals surface area contributed by atoms with Gasteiger partial charge in [0.05, 0.1) is 6.54 Å². The van der Waals surface area contributed by atoms with E-state index in [9.17, 15) is 0 Å². The van der Waals surface area contributed by atoms with Gasteiger partial charge in [-0.25, -0.2) is 0 Å². The molecule has 0 fully saturated rings. The van der Waals surface area contributed by atoms with Crippen LogP contribution < -0.4 is 5.73 Å². The second kappa shape index (κ2) is 4.72. The first-order chi connectivity index (χ1) is 7.00. The van der Waals surface area contributed by atoms with E-state index in [0.29, 0.717) is 6.54 Å². The second-order valence-corrected chi connectivity index (χ2v) is 4.55. The minimum atomic E-state index is 0.370. The zero-order chi connectivity index (χ0) is 11.6. The monoisotopic (exact) mass is 316 g/mol. The first-order valence-electron chi connectivity index (χ1n) is 4.55. The van der Waals surface area contributed by atoms with Crippen molar-refractivity contribution >= 4 is 28.3 Å². The van der Waals surface area contributed by atoms with E-state index in [4.69, 9.17) is 11.3 Å². The van der Waals surface area contributed by atoms with Crippen LogP contribution in [0, 0.1) is 24.3 Å². The molecule has 1 aromatic rings. The van der Waals surface area contributed by atoms with Gasteiger partial charge in [-0.2, -0.15) is 0 Å². The van der Waals surface area contributed by atoms with Crippen LogP contribution in [0.25, 0.3) is 10.4 Å². The van der Waals surface area contributed by atoms with E-state index in [1.165, 1.54) is 0 Å². The van der Waals surface area contributed by atoms with E-state index in [2.05, 4.69) is 32.6 Å². The predicted molar refractivity (Wildman–Crippen MR) is 70.6 cm³/mol. The molecule has 0 radical (unpaired) electrons. The maximum absolute atomic E-state index is 8.33. The normalized spacial score (nSPS) is 9.87. The molecule has 1 rings (SSSR count). The Bertz CT molecular complexity index is 418. The lowest BCUT2D eigenvalue weighted by molar-refractivity contribution is 1.00. The Hall–Kier alpha value is -0.940. The van der Waals surface area contributed by atoms with Crippen LogP contribution in [0.3, 0.4) is 0 Å². The summed E-state index contributed by atoms with van der Waals surface area (Å²) in [6.45, 7) is 6.38. The van der Waals surface area contributed by atoms with Crippen LogP contribution in [-0.4, -0.2) is 0 Å². The third-order valence-electron chi connectivity index (χ3n) is 2.66. The molecular formula is C10H13IN4. The number of benzene rings is 1. The van der Waals surface area contributed by atoms with E-state index in [1.54, 1.807) is 0 Å². The standard InChI is InChI=1S/C10H13IN4/c1-5-8(4-14-15-13)6(2)10(12)7(3)9(5)11/h4,12H2,1-3H3. The molecule has 0 aromatic heterocycles. The van der Waals surface area contributed by atoms with Gasteiger partial charge in [0.2, 0.25) is 0 Å². The molecule has 80 valence electrons. The Morgan fingerprint density at radius 1 is 1.27 bits per heavy atom. The highest BCUT2D eigenvalue weighted by Gasteiger charge is 2.12. The molecule has 0 aliphatic carbocycles. The van der Waals surface area contributed by atoms with E-state index in [1.807, 2.05) is 20.8 Å². The summed E-state index contributed by atoms with van der Waals surface area (Å²) < 4.78 is 1.15. The van der Waals surface area contributed by atoms with Gasteiger partial charge in [-0.15, -0.1) is 0 Å². The molecule has 0 bridgehead atoms. The van der Waals surface area contributed by atoms with E-state index < -0.39 is 0 Å². The summed E-state index contributed by atoms with van der Waals surface area (Å²) in [5.41, 5.74) is 19.4. The largest absolute Gasteiger partial charge is 0.398 e. The fourth-order valence-electron chi connectivity index (χ4n) is 1.60. The number of azide groups is 1. The number of halogens is 1. The lowest BCUT2D eigenvalue weighted by Crippen LogP contribution is -2.04. The summed E-state index contributed by atoms with van der Waals surface area (Å²) in [5.74, 6) is 0. The Balaban J connectivity index is 3.44. The Kier molecular flexibility index (Phi) is 3.82. The van der Waals surface area contributed by atoms with Gasteiger partial charge in [0, 0.05) is 14.2 Å². The van der Waals surface area contributed by atoms with Crippen molar-refractivity contribution in [1.82, 2.24) is 0 Å². The maximum Gasteiger partial charge on any atom is 0.0517 e. The average molecular weight is 316 g/mol. The van der Waals surface area contributed by atoms with Gasteiger partial charge in [-0.1, -0.05) is 5.11 Å². The average Bonchev–Trinajstić information content (AvgIpc) is 2.24. The molecule has 15 heavy (non-hydrogen) atoms. The van der Waals surface area contributed by atoms with Gasteiger partial charge in [-0.05, 0) is 71.1 Å². The van der Waals surface area contributed by atoms with Crippen molar-refractivity contribution in [2.45, 2.75) is 27.3 Å². The third-order valence-corrected chi connectivity index (χ3v) is 4.28. The van der Waals surface area contributed by atoms with Crippen molar-refractivity contribution < 1.29 is 0 Å². The smallest absolute Gasteiger partial charge is 0.0517 e. The summed E-state index contributed by atoms with van der Waals surface area (Å²) in [6, 6.07) is 0. The third kappa shape index (κ3) is 2.18. The molecule has 5 heteroatoms. The highest BCUT2D eigenvalue weighted by molar-refractivity contribution is 14.1.